The molecule has 0 aliphatic heterocycles. The number of aromatic nitrogens is 1. The lowest BCUT2D eigenvalue weighted by atomic mass is 10.0. The van der Waals surface area contributed by atoms with E-state index >= 15 is 0 Å². The largest absolute Gasteiger partial charge is 0.489 e. The maximum atomic E-state index is 12.7. The molecule has 1 aromatic heterocycles. The Morgan fingerprint density at radius 1 is 1.00 bits per heavy atom. The van der Waals surface area contributed by atoms with Gasteiger partial charge in [0.2, 0.25) is 0 Å². The van der Waals surface area contributed by atoms with Crippen LogP contribution in [0.15, 0.2) is 79.1 Å². The second kappa shape index (κ2) is 11.1. The van der Waals surface area contributed by atoms with E-state index in [1.54, 1.807) is 24.5 Å². The Balaban J connectivity index is 1.59. The van der Waals surface area contributed by atoms with Gasteiger partial charge in [-0.25, -0.2) is 0 Å². The molecule has 0 fully saturated rings. The van der Waals surface area contributed by atoms with Crippen molar-refractivity contribution < 1.29 is 9.53 Å². The van der Waals surface area contributed by atoms with Gasteiger partial charge in [-0.15, -0.1) is 0 Å². The molecule has 1 amide bonds. The fourth-order valence-electron chi connectivity index (χ4n) is 3.44. The smallest absolute Gasteiger partial charge is 0.251 e. The molecule has 2 aromatic carbocycles. The second-order valence-electron chi connectivity index (χ2n) is 7.03. The molecule has 0 aliphatic rings. The fraction of sp³-hybridized carbons (Fsp3) is 0.280. The summed E-state index contributed by atoms with van der Waals surface area (Å²) in [6, 6.07) is 21.6. The van der Waals surface area contributed by atoms with Crippen LogP contribution >= 0.6 is 0 Å². The van der Waals surface area contributed by atoms with Gasteiger partial charge >= 0.3 is 0 Å². The van der Waals surface area contributed by atoms with Gasteiger partial charge in [0, 0.05) is 30.1 Å². The van der Waals surface area contributed by atoms with E-state index in [0.29, 0.717) is 18.7 Å². The van der Waals surface area contributed by atoms with Crippen molar-refractivity contribution in [3.63, 3.8) is 0 Å². The minimum Gasteiger partial charge on any atom is -0.489 e. The van der Waals surface area contributed by atoms with E-state index in [1.165, 1.54) is 5.56 Å². The molecule has 0 saturated carbocycles. The molecule has 0 bridgehead atoms. The summed E-state index contributed by atoms with van der Waals surface area (Å²) >= 11 is 0. The van der Waals surface area contributed by atoms with Crippen molar-refractivity contribution >= 4 is 5.91 Å². The number of pyridine rings is 1. The highest BCUT2D eigenvalue weighted by molar-refractivity contribution is 5.94. The summed E-state index contributed by atoms with van der Waals surface area (Å²) in [6.07, 6.45) is 3.51. The average molecular weight is 404 g/mol. The number of nitrogens with one attached hydrogen (secondary N) is 1. The fourth-order valence-corrected chi connectivity index (χ4v) is 3.44. The van der Waals surface area contributed by atoms with Crippen molar-refractivity contribution in [2.75, 3.05) is 19.6 Å². The number of amides is 1. The van der Waals surface area contributed by atoms with E-state index < -0.39 is 0 Å². The van der Waals surface area contributed by atoms with E-state index in [2.05, 4.69) is 41.2 Å². The Kier molecular flexibility index (Phi) is 7.98. The van der Waals surface area contributed by atoms with Crippen LogP contribution in [0.25, 0.3) is 0 Å². The summed E-state index contributed by atoms with van der Waals surface area (Å²) in [5, 5.41) is 3.09. The predicted octanol–water partition coefficient (Wildman–Crippen LogP) is 4.47. The molecule has 1 atom stereocenters. The number of carbonyl (C=O) groups excluding carboxylic acids is 1. The Hall–Kier alpha value is -3.18. The summed E-state index contributed by atoms with van der Waals surface area (Å²) in [5.41, 5.74) is 2.83. The van der Waals surface area contributed by atoms with Gasteiger partial charge in [-0.05, 0) is 49.0 Å². The standard InChI is InChI=1S/C25H29N3O2/c1-3-28(4-2)24(21-10-6-5-7-11-21)18-27-25(29)22-12-14-23(15-13-22)30-19-20-9-8-16-26-17-20/h5-17,24H,3-4,18-19H2,1-2H3,(H,27,29)/t24-/m1/s1. The van der Waals surface area contributed by atoms with Gasteiger partial charge in [-0.3, -0.25) is 14.7 Å². The number of likely N-dealkylation sites (N-methyl/N-ethyl adjacent to an activating group) is 1. The van der Waals surface area contributed by atoms with Crippen LogP contribution < -0.4 is 10.1 Å². The first kappa shape index (κ1) is 21.5. The number of nitrogens with zero attached hydrogens (tertiary/aromatic N) is 2. The molecule has 5 heteroatoms. The zero-order valence-electron chi connectivity index (χ0n) is 17.6. The van der Waals surface area contributed by atoms with Crippen LogP contribution in [0.4, 0.5) is 0 Å². The van der Waals surface area contributed by atoms with Crippen molar-refractivity contribution in [1.29, 1.82) is 0 Å². The Morgan fingerprint density at radius 2 is 1.73 bits per heavy atom. The van der Waals surface area contributed by atoms with Gasteiger partial charge in [-0.2, -0.15) is 0 Å². The van der Waals surface area contributed by atoms with Crippen LogP contribution in [0.5, 0.6) is 5.75 Å². The lowest BCUT2D eigenvalue weighted by Gasteiger charge is -2.30. The second-order valence-corrected chi connectivity index (χ2v) is 7.03. The molecule has 156 valence electrons. The molecule has 0 saturated heterocycles. The van der Waals surface area contributed by atoms with E-state index in [-0.39, 0.29) is 11.9 Å². The van der Waals surface area contributed by atoms with Gasteiger partial charge in [0.1, 0.15) is 12.4 Å². The molecule has 0 radical (unpaired) electrons. The van der Waals surface area contributed by atoms with Gasteiger partial charge in [0.25, 0.3) is 5.91 Å². The highest BCUT2D eigenvalue weighted by Gasteiger charge is 2.19. The maximum absolute atomic E-state index is 12.7. The van der Waals surface area contributed by atoms with E-state index in [1.807, 2.05) is 42.5 Å². The summed E-state index contributed by atoms with van der Waals surface area (Å²) in [5.74, 6) is 0.641. The van der Waals surface area contributed by atoms with Crippen LogP contribution in [0, 0.1) is 0 Å². The normalized spacial score (nSPS) is 11.8. The molecule has 0 spiro atoms. The first-order valence-corrected chi connectivity index (χ1v) is 10.4. The molecule has 1 heterocycles. The van der Waals surface area contributed by atoms with Crippen LogP contribution in [-0.2, 0) is 6.61 Å². The third-order valence-electron chi connectivity index (χ3n) is 5.14. The molecular formula is C25H29N3O2. The lowest BCUT2D eigenvalue weighted by molar-refractivity contribution is 0.0935. The molecule has 0 aliphatic carbocycles. The van der Waals surface area contributed by atoms with Crippen molar-refractivity contribution in [1.82, 2.24) is 15.2 Å². The van der Waals surface area contributed by atoms with E-state index in [9.17, 15) is 4.79 Å². The predicted molar refractivity (Wildman–Crippen MR) is 119 cm³/mol. The van der Waals surface area contributed by atoms with Gasteiger partial charge in [0.05, 0.1) is 6.04 Å². The summed E-state index contributed by atoms with van der Waals surface area (Å²) in [4.78, 5) is 19.1. The lowest BCUT2D eigenvalue weighted by Crippen LogP contribution is -2.38. The van der Waals surface area contributed by atoms with Gasteiger partial charge in [-0.1, -0.05) is 50.2 Å². The first-order chi connectivity index (χ1) is 14.7. The van der Waals surface area contributed by atoms with Gasteiger partial charge < -0.3 is 10.1 Å². The van der Waals surface area contributed by atoms with Crippen LogP contribution in [0.3, 0.4) is 0 Å². The molecular weight excluding hydrogens is 374 g/mol. The molecule has 3 aromatic rings. The summed E-state index contributed by atoms with van der Waals surface area (Å²) in [6.45, 7) is 7.15. The van der Waals surface area contributed by atoms with Gasteiger partial charge in [0.15, 0.2) is 0 Å². The molecule has 1 N–H and O–H groups in total. The first-order valence-electron chi connectivity index (χ1n) is 10.4. The Morgan fingerprint density at radius 3 is 2.37 bits per heavy atom. The Labute approximate surface area is 178 Å². The minimum absolute atomic E-state index is 0.0816. The summed E-state index contributed by atoms with van der Waals surface area (Å²) in [7, 11) is 0. The number of carbonyl (C=O) groups is 1. The SMILES string of the molecule is CCN(CC)[C@H](CNC(=O)c1ccc(OCc2cccnc2)cc1)c1ccccc1. The minimum atomic E-state index is -0.0816. The number of ether oxygens (including phenoxy) is 1. The van der Waals surface area contributed by atoms with Crippen molar-refractivity contribution in [3.8, 4) is 5.75 Å². The monoisotopic (exact) mass is 403 g/mol. The van der Waals surface area contributed by atoms with Crippen LogP contribution in [0.1, 0.15) is 41.4 Å². The van der Waals surface area contributed by atoms with E-state index in [0.717, 1.165) is 24.4 Å². The Bertz CT molecular complexity index is 895. The summed E-state index contributed by atoms with van der Waals surface area (Å²) < 4.78 is 5.77. The van der Waals surface area contributed by atoms with Crippen LogP contribution in [0.2, 0.25) is 0 Å². The van der Waals surface area contributed by atoms with Crippen LogP contribution in [-0.4, -0.2) is 35.4 Å². The maximum Gasteiger partial charge on any atom is 0.251 e. The quantitative estimate of drug-likeness (QED) is 0.543. The van der Waals surface area contributed by atoms with Crippen molar-refractivity contribution in [2.45, 2.75) is 26.5 Å². The topological polar surface area (TPSA) is 54.5 Å². The third-order valence-corrected chi connectivity index (χ3v) is 5.14. The zero-order chi connectivity index (χ0) is 21.2. The number of hydrogen-bond acceptors (Lipinski definition) is 4. The number of rotatable bonds is 10. The van der Waals surface area contributed by atoms with Crippen molar-refractivity contribution in [2.24, 2.45) is 0 Å². The molecule has 3 rings (SSSR count). The zero-order valence-corrected chi connectivity index (χ0v) is 17.6. The number of hydrogen-bond donors (Lipinski definition) is 1. The molecule has 30 heavy (non-hydrogen) atoms. The average Bonchev–Trinajstić information content (AvgIpc) is 2.82. The number of benzene rings is 2. The highest BCUT2D eigenvalue weighted by atomic mass is 16.5. The van der Waals surface area contributed by atoms with Crippen molar-refractivity contribution in [3.05, 3.63) is 95.8 Å². The van der Waals surface area contributed by atoms with E-state index in [4.69, 9.17) is 4.74 Å². The molecule has 0 unspecified atom stereocenters. The highest BCUT2D eigenvalue weighted by Crippen LogP contribution is 2.20. The third kappa shape index (κ3) is 5.91. The molecule has 5 nitrogen and oxygen atoms in total.